The fourth-order valence-electron chi connectivity index (χ4n) is 3.04. The molecule has 1 aliphatic rings. The van der Waals surface area contributed by atoms with Crippen LogP contribution in [0.25, 0.3) is 0 Å². The molecule has 1 aliphatic heterocycles. The SMILES string of the molecule is CN(C)c1cc(CC2CNCCN(c3ccccc3)C2)ncn1. The van der Waals surface area contributed by atoms with E-state index in [2.05, 4.69) is 56.6 Å². The van der Waals surface area contributed by atoms with E-state index in [0.29, 0.717) is 5.92 Å². The highest BCUT2D eigenvalue weighted by molar-refractivity contribution is 5.46. The Hall–Kier alpha value is -2.14. The van der Waals surface area contributed by atoms with Crippen LogP contribution in [0.5, 0.6) is 0 Å². The van der Waals surface area contributed by atoms with Crippen LogP contribution in [0.2, 0.25) is 0 Å². The van der Waals surface area contributed by atoms with Crippen molar-refractivity contribution in [2.24, 2.45) is 5.92 Å². The summed E-state index contributed by atoms with van der Waals surface area (Å²) in [5.41, 5.74) is 2.42. The topological polar surface area (TPSA) is 44.3 Å². The van der Waals surface area contributed by atoms with Gasteiger partial charge in [-0.15, -0.1) is 0 Å². The number of anilines is 2. The van der Waals surface area contributed by atoms with E-state index in [0.717, 1.165) is 44.1 Å². The third kappa shape index (κ3) is 4.20. The van der Waals surface area contributed by atoms with E-state index in [9.17, 15) is 0 Å². The number of aromatic nitrogens is 2. The van der Waals surface area contributed by atoms with Gasteiger partial charge in [-0.3, -0.25) is 0 Å². The van der Waals surface area contributed by atoms with Crippen LogP contribution in [-0.2, 0) is 6.42 Å². The number of rotatable bonds is 4. The lowest BCUT2D eigenvalue weighted by Crippen LogP contribution is -2.30. The maximum atomic E-state index is 4.46. The van der Waals surface area contributed by atoms with Gasteiger partial charge in [0, 0.05) is 57.7 Å². The van der Waals surface area contributed by atoms with Gasteiger partial charge in [0.25, 0.3) is 0 Å². The second kappa shape index (κ2) is 7.42. The molecule has 2 aromatic rings. The van der Waals surface area contributed by atoms with Crippen molar-refractivity contribution in [3.8, 4) is 0 Å². The molecule has 0 aliphatic carbocycles. The van der Waals surface area contributed by atoms with E-state index in [1.807, 2.05) is 19.0 Å². The molecule has 5 heteroatoms. The van der Waals surface area contributed by atoms with Crippen molar-refractivity contribution in [1.29, 1.82) is 0 Å². The molecule has 122 valence electrons. The van der Waals surface area contributed by atoms with Crippen LogP contribution in [0, 0.1) is 5.92 Å². The van der Waals surface area contributed by atoms with E-state index < -0.39 is 0 Å². The van der Waals surface area contributed by atoms with Crippen LogP contribution in [-0.4, -0.2) is 50.2 Å². The maximum Gasteiger partial charge on any atom is 0.131 e. The first kappa shape index (κ1) is 15.7. The van der Waals surface area contributed by atoms with Crippen molar-refractivity contribution in [3.63, 3.8) is 0 Å². The summed E-state index contributed by atoms with van der Waals surface area (Å²) in [6.45, 7) is 4.16. The fourth-order valence-corrected chi connectivity index (χ4v) is 3.04. The number of nitrogens with one attached hydrogen (secondary N) is 1. The summed E-state index contributed by atoms with van der Waals surface area (Å²) >= 11 is 0. The average Bonchev–Trinajstić information content (AvgIpc) is 2.81. The van der Waals surface area contributed by atoms with Crippen molar-refractivity contribution >= 4 is 11.5 Å². The van der Waals surface area contributed by atoms with E-state index in [1.165, 1.54) is 5.69 Å². The minimum Gasteiger partial charge on any atom is -0.370 e. The summed E-state index contributed by atoms with van der Waals surface area (Å²) < 4.78 is 0. The van der Waals surface area contributed by atoms with Gasteiger partial charge in [0.15, 0.2) is 0 Å². The van der Waals surface area contributed by atoms with Gasteiger partial charge in [0.1, 0.15) is 12.1 Å². The van der Waals surface area contributed by atoms with Crippen LogP contribution in [0.4, 0.5) is 11.5 Å². The lowest BCUT2D eigenvalue weighted by atomic mass is 10.0. The van der Waals surface area contributed by atoms with Crippen molar-refractivity contribution in [1.82, 2.24) is 15.3 Å². The molecule has 3 rings (SSSR count). The highest BCUT2D eigenvalue weighted by Gasteiger charge is 2.19. The van der Waals surface area contributed by atoms with Crippen LogP contribution >= 0.6 is 0 Å². The van der Waals surface area contributed by atoms with Crippen molar-refractivity contribution in [3.05, 3.63) is 48.4 Å². The Morgan fingerprint density at radius 2 is 2.04 bits per heavy atom. The van der Waals surface area contributed by atoms with Gasteiger partial charge < -0.3 is 15.1 Å². The molecule has 0 saturated carbocycles. The third-order valence-electron chi connectivity index (χ3n) is 4.26. The van der Waals surface area contributed by atoms with E-state index in [1.54, 1.807) is 6.33 Å². The first-order chi connectivity index (χ1) is 11.2. The monoisotopic (exact) mass is 311 g/mol. The summed E-state index contributed by atoms with van der Waals surface area (Å²) in [7, 11) is 4.02. The Morgan fingerprint density at radius 1 is 1.22 bits per heavy atom. The molecule has 5 nitrogen and oxygen atoms in total. The zero-order valence-corrected chi connectivity index (χ0v) is 13.9. The highest BCUT2D eigenvalue weighted by Crippen LogP contribution is 2.19. The Labute approximate surface area is 138 Å². The third-order valence-corrected chi connectivity index (χ3v) is 4.26. The van der Waals surface area contributed by atoms with Crippen molar-refractivity contribution in [2.45, 2.75) is 6.42 Å². The zero-order chi connectivity index (χ0) is 16.1. The van der Waals surface area contributed by atoms with Crippen LogP contribution in [0.15, 0.2) is 42.7 Å². The molecule has 23 heavy (non-hydrogen) atoms. The summed E-state index contributed by atoms with van der Waals surface area (Å²) in [4.78, 5) is 13.3. The van der Waals surface area contributed by atoms with Gasteiger partial charge in [-0.25, -0.2) is 9.97 Å². The Morgan fingerprint density at radius 3 is 2.83 bits per heavy atom. The Kier molecular flexibility index (Phi) is 5.08. The summed E-state index contributed by atoms with van der Waals surface area (Å²) in [5.74, 6) is 1.51. The minimum atomic E-state index is 0.544. The molecule has 1 N–H and O–H groups in total. The van der Waals surface area contributed by atoms with Gasteiger partial charge in [-0.05, 0) is 24.5 Å². The molecule has 1 aromatic carbocycles. The van der Waals surface area contributed by atoms with Crippen LogP contribution in [0.3, 0.4) is 0 Å². The minimum absolute atomic E-state index is 0.544. The molecule has 0 amide bonds. The molecule has 1 atom stereocenters. The normalized spacial score (nSPS) is 18.5. The predicted octanol–water partition coefficient (Wildman–Crippen LogP) is 1.81. The number of nitrogens with zero attached hydrogens (tertiary/aromatic N) is 4. The summed E-state index contributed by atoms with van der Waals surface area (Å²) in [6.07, 6.45) is 2.64. The first-order valence-electron chi connectivity index (χ1n) is 8.21. The molecule has 0 bridgehead atoms. The maximum absolute atomic E-state index is 4.46. The van der Waals surface area contributed by atoms with E-state index >= 15 is 0 Å². The average molecular weight is 311 g/mol. The molecule has 1 fully saturated rings. The summed E-state index contributed by atoms with van der Waals surface area (Å²) in [5, 5.41) is 3.56. The second-order valence-electron chi connectivity index (χ2n) is 6.32. The quantitative estimate of drug-likeness (QED) is 0.933. The molecule has 1 aromatic heterocycles. The molecule has 1 saturated heterocycles. The molecule has 0 radical (unpaired) electrons. The number of hydrogen-bond acceptors (Lipinski definition) is 5. The second-order valence-corrected chi connectivity index (χ2v) is 6.32. The van der Waals surface area contributed by atoms with Gasteiger partial charge >= 0.3 is 0 Å². The van der Waals surface area contributed by atoms with Gasteiger partial charge in [0.05, 0.1) is 0 Å². The van der Waals surface area contributed by atoms with Crippen LogP contribution in [0.1, 0.15) is 5.69 Å². The highest BCUT2D eigenvalue weighted by atomic mass is 15.2. The number of para-hydroxylation sites is 1. The predicted molar refractivity (Wildman–Crippen MR) is 95.1 cm³/mol. The molecule has 2 heterocycles. The van der Waals surface area contributed by atoms with E-state index in [-0.39, 0.29) is 0 Å². The fraction of sp³-hybridized carbons (Fsp3) is 0.444. The van der Waals surface area contributed by atoms with E-state index in [4.69, 9.17) is 0 Å². The van der Waals surface area contributed by atoms with Gasteiger partial charge in [0.2, 0.25) is 0 Å². The number of benzene rings is 1. The van der Waals surface area contributed by atoms with Crippen molar-refractivity contribution < 1.29 is 0 Å². The standard InChI is InChI=1S/C18H25N5/c1-22(2)18-11-16(20-14-21-18)10-15-12-19-8-9-23(13-15)17-6-4-3-5-7-17/h3-7,11,14-15,19H,8-10,12-13H2,1-2H3. The Bertz CT molecular complexity index is 614. The number of hydrogen-bond donors (Lipinski definition) is 1. The summed E-state index contributed by atoms with van der Waals surface area (Å²) in [6, 6.07) is 12.8. The lowest BCUT2D eigenvalue weighted by Gasteiger charge is -2.26. The molecule has 0 spiro atoms. The van der Waals surface area contributed by atoms with Crippen molar-refractivity contribution in [2.75, 3.05) is 50.1 Å². The first-order valence-corrected chi connectivity index (χ1v) is 8.21. The zero-order valence-electron chi connectivity index (χ0n) is 13.9. The molecule has 1 unspecified atom stereocenters. The smallest absolute Gasteiger partial charge is 0.131 e. The molecular weight excluding hydrogens is 286 g/mol. The van der Waals surface area contributed by atoms with Gasteiger partial charge in [-0.2, -0.15) is 0 Å². The largest absolute Gasteiger partial charge is 0.370 e. The lowest BCUT2D eigenvalue weighted by molar-refractivity contribution is 0.508. The Balaban J connectivity index is 1.70. The van der Waals surface area contributed by atoms with Gasteiger partial charge in [-0.1, -0.05) is 18.2 Å². The molecular formula is C18H25N5. The van der Waals surface area contributed by atoms with Crippen LogP contribution < -0.4 is 15.1 Å².